The molecule has 9 nitrogen and oxygen atoms in total. The Kier molecular flexibility index (Phi) is 9.09. The van der Waals surface area contributed by atoms with Gasteiger partial charge in [-0.3, -0.25) is 33.6 Å². The Balaban J connectivity index is 0.967. The van der Waals surface area contributed by atoms with Gasteiger partial charge in [-0.2, -0.15) is 0 Å². The van der Waals surface area contributed by atoms with Crippen LogP contribution in [0.15, 0.2) is 158 Å². The first kappa shape index (κ1) is 35.1. The zero-order valence-corrected chi connectivity index (χ0v) is 29.4. The molecule has 0 fully saturated rings. The topological polar surface area (TPSA) is 126 Å². The third-order valence-electron chi connectivity index (χ3n) is 9.57. The normalized spacial score (nSPS) is 13.5. The molecule has 0 radical (unpaired) electrons. The predicted molar refractivity (Wildman–Crippen MR) is 211 cm³/mol. The lowest BCUT2D eigenvalue weighted by molar-refractivity contribution is 0.0910. The van der Waals surface area contributed by atoms with Crippen molar-refractivity contribution in [3.63, 3.8) is 0 Å². The quantitative estimate of drug-likeness (QED) is 0.0788. The van der Waals surface area contributed by atoms with E-state index in [0.717, 1.165) is 20.9 Å². The molecule has 4 amide bonds. The molecular weight excluding hydrogens is 705 g/mol. The fourth-order valence-electron chi connectivity index (χ4n) is 6.61. The highest BCUT2D eigenvalue weighted by atomic mass is 16.2. The van der Waals surface area contributed by atoms with Crippen LogP contribution in [0.1, 0.15) is 89.2 Å². The van der Waals surface area contributed by atoms with E-state index in [1.807, 2.05) is 60.7 Å². The van der Waals surface area contributed by atoms with Crippen molar-refractivity contribution in [1.82, 2.24) is 0 Å². The van der Waals surface area contributed by atoms with Gasteiger partial charge in [0.15, 0.2) is 17.3 Å². The van der Waals surface area contributed by atoms with Crippen LogP contribution < -0.4 is 9.80 Å². The monoisotopic (exact) mass is 732 g/mol. The van der Waals surface area contributed by atoms with E-state index in [1.54, 1.807) is 12.2 Å². The van der Waals surface area contributed by atoms with E-state index in [0.29, 0.717) is 11.1 Å². The van der Waals surface area contributed by atoms with E-state index < -0.39 is 29.4 Å². The molecule has 0 saturated carbocycles. The number of rotatable bonds is 10. The van der Waals surface area contributed by atoms with Crippen molar-refractivity contribution in [1.29, 1.82) is 0 Å². The molecule has 9 heteroatoms. The Labute approximate surface area is 320 Å². The molecule has 6 aromatic rings. The summed E-state index contributed by atoms with van der Waals surface area (Å²) in [6, 6.07) is 39.3. The third-order valence-corrected chi connectivity index (χ3v) is 9.57. The van der Waals surface area contributed by atoms with Gasteiger partial charge >= 0.3 is 0 Å². The number of hydrogen-bond acceptors (Lipinski definition) is 7. The fourth-order valence-corrected chi connectivity index (χ4v) is 6.61. The fraction of sp³-hybridized carbons (Fsp3) is 0. The maximum Gasteiger partial charge on any atom is 0.266 e. The summed E-state index contributed by atoms with van der Waals surface area (Å²) in [5, 5.41) is 0. The Morgan fingerprint density at radius 1 is 0.375 bits per heavy atom. The number of anilines is 2. The molecular formula is C47H28N2O7. The molecule has 0 atom stereocenters. The Hall–Kier alpha value is -7.91. The van der Waals surface area contributed by atoms with Crippen molar-refractivity contribution in [3.8, 4) is 0 Å². The van der Waals surface area contributed by atoms with Crippen LogP contribution >= 0.6 is 0 Å². The van der Waals surface area contributed by atoms with Crippen LogP contribution in [-0.2, 0) is 0 Å². The first-order chi connectivity index (χ1) is 27.2. The smallest absolute Gasteiger partial charge is 0.266 e. The largest absolute Gasteiger partial charge is 0.289 e. The van der Waals surface area contributed by atoms with Gasteiger partial charge in [0, 0.05) is 22.3 Å². The Morgan fingerprint density at radius 3 is 1.09 bits per heavy atom. The zero-order valence-electron chi connectivity index (χ0n) is 29.4. The number of fused-ring (bicyclic) bond motifs is 2. The molecule has 268 valence electrons. The highest BCUT2D eigenvalue weighted by Crippen LogP contribution is 2.32. The summed E-state index contributed by atoms with van der Waals surface area (Å²) in [4.78, 5) is 95.0. The number of ketones is 3. The van der Waals surface area contributed by atoms with Crippen LogP contribution in [0.5, 0.6) is 0 Å². The predicted octanol–water partition coefficient (Wildman–Crippen LogP) is 8.31. The average molecular weight is 733 g/mol. The lowest BCUT2D eigenvalue weighted by atomic mass is 9.96. The van der Waals surface area contributed by atoms with Gasteiger partial charge in [-0.15, -0.1) is 0 Å². The minimum absolute atomic E-state index is 0.0304. The van der Waals surface area contributed by atoms with Crippen LogP contribution in [0.4, 0.5) is 11.4 Å². The van der Waals surface area contributed by atoms with E-state index in [9.17, 15) is 33.6 Å². The molecule has 0 bridgehead atoms. The zero-order chi connectivity index (χ0) is 38.9. The van der Waals surface area contributed by atoms with Crippen LogP contribution in [0, 0.1) is 0 Å². The number of benzene rings is 6. The second-order valence-corrected chi connectivity index (χ2v) is 13.1. The molecule has 0 unspecified atom stereocenters. The molecule has 56 heavy (non-hydrogen) atoms. The number of carbonyl (C=O) groups is 7. The van der Waals surface area contributed by atoms with Gasteiger partial charge in [-0.1, -0.05) is 84.9 Å². The van der Waals surface area contributed by atoms with Crippen molar-refractivity contribution in [2.24, 2.45) is 0 Å². The summed E-state index contributed by atoms with van der Waals surface area (Å²) < 4.78 is 0. The SMILES string of the molecule is O=C(/C=C/c1ccccc1)c1ccc(N2C(=O)c3ccc(C(=O)c4ccc5c(c4)C(=O)N(c4ccc(C(=O)/C=C/c6ccccc6)cc4)C5=O)cc3C2=O)cc1. The minimum atomic E-state index is -0.631. The first-order valence-electron chi connectivity index (χ1n) is 17.5. The standard InChI is InChI=1S/C47H28N2O7/c50-41(25-11-29-7-3-1-4-8-29)31-13-19-35(20-14-31)48-44(53)37-23-17-33(27-39(37)46(48)55)43(52)34-18-24-38-40(28-34)47(56)49(45(38)54)36-21-15-32(16-22-36)42(51)26-12-30-9-5-2-6-10-30/h1-28H/b25-11+,26-12+. The van der Waals surface area contributed by atoms with E-state index >= 15 is 0 Å². The molecule has 2 aliphatic heterocycles. The molecule has 2 aliphatic rings. The molecule has 0 aliphatic carbocycles. The van der Waals surface area contributed by atoms with Gasteiger partial charge in [0.25, 0.3) is 23.6 Å². The van der Waals surface area contributed by atoms with Gasteiger partial charge in [0.05, 0.1) is 33.6 Å². The van der Waals surface area contributed by atoms with Crippen LogP contribution in [0.2, 0.25) is 0 Å². The van der Waals surface area contributed by atoms with E-state index in [1.165, 1.54) is 97.1 Å². The maximum atomic E-state index is 13.7. The van der Waals surface area contributed by atoms with Crippen LogP contribution in [-0.4, -0.2) is 41.0 Å². The molecule has 2 heterocycles. The van der Waals surface area contributed by atoms with Crippen molar-refractivity contribution in [3.05, 3.63) is 213 Å². The first-order valence-corrected chi connectivity index (χ1v) is 17.5. The van der Waals surface area contributed by atoms with Crippen molar-refractivity contribution < 1.29 is 33.6 Å². The summed E-state index contributed by atoms with van der Waals surface area (Å²) in [7, 11) is 0. The third kappa shape index (κ3) is 6.50. The Morgan fingerprint density at radius 2 is 0.714 bits per heavy atom. The summed E-state index contributed by atoms with van der Waals surface area (Å²) in [5.41, 5.74) is 3.52. The summed E-state index contributed by atoms with van der Waals surface area (Å²) in [6.45, 7) is 0. The lowest BCUT2D eigenvalue weighted by Crippen LogP contribution is -2.29. The number of hydrogen-bond donors (Lipinski definition) is 0. The maximum absolute atomic E-state index is 13.7. The average Bonchev–Trinajstić information content (AvgIpc) is 3.65. The number of carbonyl (C=O) groups excluding carboxylic acids is 7. The van der Waals surface area contributed by atoms with Gasteiger partial charge in [-0.05, 0) is 96.1 Å². The number of amides is 4. The number of imide groups is 2. The lowest BCUT2D eigenvalue weighted by Gasteiger charge is -2.14. The summed E-state index contributed by atoms with van der Waals surface area (Å²) in [6.07, 6.45) is 6.30. The van der Waals surface area contributed by atoms with Crippen LogP contribution in [0.3, 0.4) is 0 Å². The molecule has 0 aromatic heterocycles. The summed E-state index contributed by atoms with van der Waals surface area (Å²) in [5.74, 6) is -3.42. The van der Waals surface area contributed by atoms with Gasteiger partial charge in [0.1, 0.15) is 0 Å². The molecule has 0 spiro atoms. The van der Waals surface area contributed by atoms with Crippen molar-refractivity contribution in [2.75, 3.05) is 9.80 Å². The second kappa shape index (κ2) is 14.5. The highest BCUT2D eigenvalue weighted by molar-refractivity contribution is 6.36. The van der Waals surface area contributed by atoms with Gasteiger partial charge in [-0.25, -0.2) is 9.80 Å². The molecule has 0 saturated heterocycles. The Bertz CT molecular complexity index is 2510. The molecule has 0 N–H and O–H groups in total. The van der Waals surface area contributed by atoms with Gasteiger partial charge < -0.3 is 0 Å². The van der Waals surface area contributed by atoms with Gasteiger partial charge in [0.2, 0.25) is 0 Å². The minimum Gasteiger partial charge on any atom is -0.289 e. The number of allylic oxidation sites excluding steroid dienone is 2. The highest BCUT2D eigenvalue weighted by Gasteiger charge is 2.39. The van der Waals surface area contributed by atoms with E-state index in [2.05, 4.69) is 0 Å². The van der Waals surface area contributed by atoms with Crippen LogP contribution in [0.25, 0.3) is 12.2 Å². The summed E-state index contributed by atoms with van der Waals surface area (Å²) >= 11 is 0. The van der Waals surface area contributed by atoms with Crippen molar-refractivity contribution in [2.45, 2.75) is 0 Å². The van der Waals surface area contributed by atoms with E-state index in [4.69, 9.17) is 0 Å². The molecule has 6 aromatic carbocycles. The van der Waals surface area contributed by atoms with E-state index in [-0.39, 0.29) is 56.3 Å². The molecule has 8 rings (SSSR count). The number of nitrogens with zero attached hydrogens (tertiary/aromatic N) is 2. The van der Waals surface area contributed by atoms with Crippen molar-refractivity contribution >= 4 is 64.5 Å². The second-order valence-electron chi connectivity index (χ2n) is 13.1.